The molecular weight excluding hydrogens is 359 g/mol. The Hall–Kier alpha value is -2.73. The van der Waals surface area contributed by atoms with Gasteiger partial charge in [0, 0.05) is 12.1 Å². The highest BCUT2D eigenvalue weighted by molar-refractivity contribution is 5.98. The highest BCUT2D eigenvalue weighted by Gasteiger charge is 2.25. The van der Waals surface area contributed by atoms with Crippen molar-refractivity contribution < 1.29 is 18.7 Å². The van der Waals surface area contributed by atoms with Crippen LogP contribution in [0.4, 0.5) is 4.39 Å². The highest BCUT2D eigenvalue weighted by Crippen LogP contribution is 2.27. The number of ketones is 1. The van der Waals surface area contributed by atoms with Crippen LogP contribution >= 0.6 is 0 Å². The standard InChI is InChI=1S/C22H25FN2O3/c1-15(26)16-8-9-19(20(23)13-16)22(27)24-14-21(25-10-3-4-11-25)17-6-5-7-18(12-17)28-2/h5-9,12-13,21H,3-4,10-11,14H2,1-2H3,(H,24,27)/t21-/m1/s1. The molecule has 1 aliphatic heterocycles. The van der Waals surface area contributed by atoms with Gasteiger partial charge in [-0.15, -0.1) is 0 Å². The normalized spacial score (nSPS) is 15.2. The molecule has 6 heteroatoms. The number of Topliss-reactive ketones (excluding diaryl/α,β-unsaturated/α-hetero) is 1. The summed E-state index contributed by atoms with van der Waals surface area (Å²) in [5.74, 6) is -0.652. The van der Waals surface area contributed by atoms with Crippen LogP contribution in [-0.2, 0) is 0 Å². The summed E-state index contributed by atoms with van der Waals surface area (Å²) in [4.78, 5) is 26.2. The molecule has 1 amide bonds. The number of benzene rings is 2. The number of rotatable bonds is 7. The number of amides is 1. The molecule has 3 rings (SSSR count). The number of nitrogens with zero attached hydrogens (tertiary/aromatic N) is 1. The predicted octanol–water partition coefficient (Wildman–Crippen LogP) is 3.60. The van der Waals surface area contributed by atoms with Crippen LogP contribution in [0.25, 0.3) is 0 Å². The number of hydrogen-bond donors (Lipinski definition) is 1. The van der Waals surface area contributed by atoms with E-state index < -0.39 is 11.7 Å². The molecule has 0 aliphatic carbocycles. The summed E-state index contributed by atoms with van der Waals surface area (Å²) in [6, 6.07) is 11.7. The molecule has 0 unspecified atom stereocenters. The lowest BCUT2D eigenvalue weighted by Crippen LogP contribution is -2.37. The van der Waals surface area contributed by atoms with Crippen molar-refractivity contribution in [2.45, 2.75) is 25.8 Å². The van der Waals surface area contributed by atoms with Crippen LogP contribution in [0.2, 0.25) is 0 Å². The fraction of sp³-hybridized carbons (Fsp3) is 0.364. The van der Waals surface area contributed by atoms with E-state index in [0.29, 0.717) is 6.54 Å². The lowest BCUT2D eigenvalue weighted by molar-refractivity contribution is 0.0931. The number of halogens is 1. The first kappa shape index (κ1) is 20.0. The fourth-order valence-corrected chi connectivity index (χ4v) is 3.56. The van der Waals surface area contributed by atoms with E-state index >= 15 is 0 Å². The van der Waals surface area contributed by atoms with Crippen LogP contribution in [0.5, 0.6) is 5.75 Å². The predicted molar refractivity (Wildman–Crippen MR) is 105 cm³/mol. The summed E-state index contributed by atoms with van der Waals surface area (Å²) < 4.78 is 19.6. The molecule has 0 aromatic heterocycles. The molecular formula is C22H25FN2O3. The Morgan fingerprint density at radius 3 is 2.57 bits per heavy atom. The summed E-state index contributed by atoms with van der Waals surface area (Å²) in [6.07, 6.45) is 2.24. The number of likely N-dealkylation sites (tertiary alicyclic amines) is 1. The smallest absolute Gasteiger partial charge is 0.254 e. The van der Waals surface area contributed by atoms with Crippen LogP contribution in [0.1, 0.15) is 52.1 Å². The summed E-state index contributed by atoms with van der Waals surface area (Å²) in [5.41, 5.74) is 1.24. The zero-order valence-electron chi connectivity index (χ0n) is 16.2. The molecule has 1 atom stereocenters. The van der Waals surface area contributed by atoms with Crippen LogP contribution in [0.15, 0.2) is 42.5 Å². The van der Waals surface area contributed by atoms with Gasteiger partial charge in [-0.05, 0) is 62.7 Å². The van der Waals surface area contributed by atoms with Gasteiger partial charge in [0.25, 0.3) is 5.91 Å². The molecule has 1 aliphatic rings. The molecule has 0 spiro atoms. The monoisotopic (exact) mass is 384 g/mol. The quantitative estimate of drug-likeness (QED) is 0.741. The van der Waals surface area contributed by atoms with Crippen LogP contribution in [-0.4, -0.2) is 43.3 Å². The molecule has 0 radical (unpaired) electrons. The van der Waals surface area contributed by atoms with Gasteiger partial charge in [0.2, 0.25) is 0 Å². The van der Waals surface area contributed by atoms with Crippen molar-refractivity contribution in [1.82, 2.24) is 10.2 Å². The summed E-state index contributed by atoms with van der Waals surface area (Å²) in [6.45, 7) is 3.64. The topological polar surface area (TPSA) is 58.6 Å². The van der Waals surface area contributed by atoms with E-state index in [1.165, 1.54) is 19.1 Å². The Labute approximate surface area is 164 Å². The molecule has 1 heterocycles. The van der Waals surface area contributed by atoms with Gasteiger partial charge in [-0.3, -0.25) is 14.5 Å². The van der Waals surface area contributed by atoms with E-state index in [2.05, 4.69) is 10.2 Å². The Balaban J connectivity index is 1.76. The summed E-state index contributed by atoms with van der Waals surface area (Å²) >= 11 is 0. The number of carbonyl (C=O) groups is 2. The van der Waals surface area contributed by atoms with Crippen molar-refractivity contribution in [2.24, 2.45) is 0 Å². The van der Waals surface area contributed by atoms with Gasteiger partial charge in [-0.2, -0.15) is 0 Å². The number of ether oxygens (including phenoxy) is 1. The second kappa shape index (κ2) is 8.97. The van der Waals surface area contributed by atoms with E-state index in [9.17, 15) is 14.0 Å². The maximum atomic E-state index is 14.3. The molecule has 28 heavy (non-hydrogen) atoms. The van der Waals surface area contributed by atoms with Gasteiger partial charge >= 0.3 is 0 Å². The van der Waals surface area contributed by atoms with Crippen LogP contribution in [0.3, 0.4) is 0 Å². The first-order valence-electron chi connectivity index (χ1n) is 9.46. The van der Waals surface area contributed by atoms with Gasteiger partial charge in [-0.25, -0.2) is 4.39 Å². The Morgan fingerprint density at radius 1 is 1.18 bits per heavy atom. The summed E-state index contributed by atoms with van der Waals surface area (Å²) in [5, 5.41) is 2.86. The van der Waals surface area contributed by atoms with E-state index in [1.807, 2.05) is 24.3 Å². The van der Waals surface area contributed by atoms with E-state index in [4.69, 9.17) is 4.74 Å². The molecule has 0 saturated carbocycles. The molecule has 2 aromatic carbocycles. The molecule has 1 N–H and O–H groups in total. The molecule has 1 fully saturated rings. The maximum absolute atomic E-state index is 14.3. The summed E-state index contributed by atoms with van der Waals surface area (Å²) in [7, 11) is 1.62. The number of carbonyl (C=O) groups excluding carboxylic acids is 2. The number of hydrogen-bond acceptors (Lipinski definition) is 4. The highest BCUT2D eigenvalue weighted by atomic mass is 19.1. The molecule has 148 valence electrons. The number of nitrogens with one attached hydrogen (secondary N) is 1. The maximum Gasteiger partial charge on any atom is 0.254 e. The van der Waals surface area contributed by atoms with Crippen molar-refractivity contribution in [3.05, 3.63) is 65.0 Å². The largest absolute Gasteiger partial charge is 0.497 e. The SMILES string of the molecule is COc1cccc([C@@H](CNC(=O)c2ccc(C(C)=O)cc2F)N2CCCC2)c1. The average molecular weight is 384 g/mol. The van der Waals surface area contributed by atoms with E-state index in [-0.39, 0.29) is 23.0 Å². The van der Waals surface area contributed by atoms with Crippen LogP contribution < -0.4 is 10.1 Å². The number of methoxy groups -OCH3 is 1. The minimum atomic E-state index is -0.690. The average Bonchev–Trinajstić information content (AvgIpc) is 3.22. The third-order valence-electron chi connectivity index (χ3n) is 5.14. The first-order chi connectivity index (χ1) is 13.5. The molecule has 0 bridgehead atoms. The Bertz CT molecular complexity index is 863. The van der Waals surface area contributed by atoms with Gasteiger partial charge < -0.3 is 10.1 Å². The fourth-order valence-electron chi connectivity index (χ4n) is 3.56. The van der Waals surface area contributed by atoms with Gasteiger partial charge in [0.1, 0.15) is 11.6 Å². The lowest BCUT2D eigenvalue weighted by Gasteiger charge is -2.28. The van der Waals surface area contributed by atoms with E-state index in [1.54, 1.807) is 7.11 Å². The minimum Gasteiger partial charge on any atom is -0.497 e. The van der Waals surface area contributed by atoms with Crippen molar-refractivity contribution in [1.29, 1.82) is 0 Å². The Kier molecular flexibility index (Phi) is 6.41. The molecule has 2 aromatic rings. The molecule has 1 saturated heterocycles. The first-order valence-corrected chi connectivity index (χ1v) is 9.46. The van der Waals surface area contributed by atoms with Crippen LogP contribution in [0, 0.1) is 5.82 Å². The van der Waals surface area contributed by atoms with Crippen molar-refractivity contribution in [3.8, 4) is 5.75 Å². The second-order valence-electron chi connectivity index (χ2n) is 7.00. The Morgan fingerprint density at radius 2 is 1.93 bits per heavy atom. The minimum absolute atomic E-state index is 0.0129. The van der Waals surface area contributed by atoms with E-state index in [0.717, 1.165) is 43.3 Å². The third kappa shape index (κ3) is 4.57. The third-order valence-corrected chi connectivity index (χ3v) is 5.14. The molecule has 5 nitrogen and oxygen atoms in total. The van der Waals surface area contributed by atoms with Crippen molar-refractivity contribution in [3.63, 3.8) is 0 Å². The zero-order valence-corrected chi connectivity index (χ0v) is 16.2. The lowest BCUT2D eigenvalue weighted by atomic mass is 10.0. The van der Waals surface area contributed by atoms with Crippen molar-refractivity contribution >= 4 is 11.7 Å². The van der Waals surface area contributed by atoms with Gasteiger partial charge in [-0.1, -0.05) is 18.2 Å². The second-order valence-corrected chi connectivity index (χ2v) is 7.00. The zero-order chi connectivity index (χ0) is 20.1. The van der Waals surface area contributed by atoms with Crippen molar-refractivity contribution in [2.75, 3.05) is 26.7 Å². The van der Waals surface area contributed by atoms with Gasteiger partial charge in [0.15, 0.2) is 5.78 Å². The van der Waals surface area contributed by atoms with Gasteiger partial charge in [0.05, 0.1) is 18.7 Å².